The Kier molecular flexibility index (Phi) is 3.92. The summed E-state index contributed by atoms with van der Waals surface area (Å²) in [7, 11) is 1.98. The van der Waals surface area contributed by atoms with Gasteiger partial charge in [-0.05, 0) is 6.92 Å². The van der Waals surface area contributed by atoms with Crippen LogP contribution in [-0.2, 0) is 13.5 Å². The maximum atomic E-state index is 8.98. The summed E-state index contributed by atoms with van der Waals surface area (Å²) in [6.07, 6.45) is 4.35. The zero-order chi connectivity index (χ0) is 9.68. The van der Waals surface area contributed by atoms with Crippen LogP contribution in [0.25, 0.3) is 0 Å². The second-order valence-corrected chi connectivity index (χ2v) is 3.26. The van der Waals surface area contributed by atoms with E-state index in [-0.39, 0.29) is 6.10 Å². The van der Waals surface area contributed by atoms with Gasteiger partial charge in [0.1, 0.15) is 5.82 Å². The predicted molar refractivity (Wildman–Crippen MR) is 51.5 cm³/mol. The fourth-order valence-electron chi connectivity index (χ4n) is 1.15. The average Bonchev–Trinajstić information content (AvgIpc) is 2.45. The van der Waals surface area contributed by atoms with Crippen molar-refractivity contribution in [3.05, 3.63) is 18.2 Å². The van der Waals surface area contributed by atoms with Crippen molar-refractivity contribution in [1.29, 1.82) is 0 Å². The minimum atomic E-state index is -0.277. The van der Waals surface area contributed by atoms with E-state index in [1.165, 1.54) is 0 Å². The molecule has 1 heterocycles. The van der Waals surface area contributed by atoms with Gasteiger partial charge in [-0.3, -0.25) is 0 Å². The molecule has 0 amide bonds. The third-order valence-corrected chi connectivity index (χ3v) is 1.89. The van der Waals surface area contributed by atoms with Gasteiger partial charge in [0, 0.05) is 39.0 Å². The van der Waals surface area contributed by atoms with Gasteiger partial charge in [0.15, 0.2) is 0 Å². The quantitative estimate of drug-likeness (QED) is 0.628. The van der Waals surface area contributed by atoms with Gasteiger partial charge in [-0.15, -0.1) is 0 Å². The van der Waals surface area contributed by atoms with Crippen LogP contribution >= 0.6 is 0 Å². The summed E-state index contributed by atoms with van der Waals surface area (Å²) in [6.45, 7) is 3.27. The van der Waals surface area contributed by atoms with Gasteiger partial charge in [0.05, 0.1) is 6.10 Å². The van der Waals surface area contributed by atoms with Crippen LogP contribution in [0.3, 0.4) is 0 Å². The molecular weight excluding hydrogens is 166 g/mol. The first-order valence-corrected chi connectivity index (χ1v) is 4.55. The Morgan fingerprint density at radius 1 is 1.69 bits per heavy atom. The van der Waals surface area contributed by atoms with Crippen LogP contribution < -0.4 is 5.32 Å². The lowest BCUT2D eigenvalue weighted by atomic mass is 10.3. The molecule has 1 atom stereocenters. The van der Waals surface area contributed by atoms with E-state index >= 15 is 0 Å². The highest BCUT2D eigenvalue weighted by Crippen LogP contribution is 1.93. The Bertz CT molecular complexity index is 245. The molecule has 1 rings (SSSR count). The fraction of sp³-hybridized carbons (Fsp3) is 0.667. The molecule has 1 aromatic rings. The van der Waals surface area contributed by atoms with Crippen molar-refractivity contribution in [2.75, 3.05) is 13.1 Å². The molecule has 0 aliphatic heterocycles. The van der Waals surface area contributed by atoms with E-state index in [0.717, 1.165) is 18.8 Å². The molecule has 0 aliphatic rings. The van der Waals surface area contributed by atoms with E-state index in [1.807, 2.05) is 17.8 Å². The van der Waals surface area contributed by atoms with Crippen molar-refractivity contribution >= 4 is 0 Å². The molecule has 0 bridgehead atoms. The predicted octanol–water partition coefficient (Wildman–Crippen LogP) is -0.0670. The van der Waals surface area contributed by atoms with Crippen molar-refractivity contribution in [2.24, 2.45) is 7.05 Å². The Balaban J connectivity index is 2.17. The normalized spacial score (nSPS) is 13.2. The highest BCUT2D eigenvalue weighted by molar-refractivity contribution is 4.91. The number of rotatable bonds is 5. The lowest BCUT2D eigenvalue weighted by Crippen LogP contribution is -2.26. The van der Waals surface area contributed by atoms with E-state index < -0.39 is 0 Å². The maximum Gasteiger partial charge on any atom is 0.109 e. The Hall–Kier alpha value is -0.870. The average molecular weight is 183 g/mol. The zero-order valence-corrected chi connectivity index (χ0v) is 8.20. The van der Waals surface area contributed by atoms with Gasteiger partial charge in [-0.25, -0.2) is 4.98 Å². The van der Waals surface area contributed by atoms with Crippen molar-refractivity contribution in [3.63, 3.8) is 0 Å². The number of hydrogen-bond acceptors (Lipinski definition) is 3. The molecular formula is C9H17N3O. The highest BCUT2D eigenvalue weighted by Gasteiger charge is 1.98. The topological polar surface area (TPSA) is 50.1 Å². The van der Waals surface area contributed by atoms with E-state index in [1.54, 1.807) is 13.1 Å². The number of aromatic nitrogens is 2. The van der Waals surface area contributed by atoms with Crippen LogP contribution in [0, 0.1) is 0 Å². The van der Waals surface area contributed by atoms with Gasteiger partial charge in [0.2, 0.25) is 0 Å². The smallest absolute Gasteiger partial charge is 0.109 e. The van der Waals surface area contributed by atoms with Crippen molar-refractivity contribution in [2.45, 2.75) is 19.4 Å². The van der Waals surface area contributed by atoms with Gasteiger partial charge in [-0.1, -0.05) is 0 Å². The number of aryl methyl sites for hydroxylation is 1. The third kappa shape index (κ3) is 3.57. The Morgan fingerprint density at radius 2 is 2.46 bits per heavy atom. The summed E-state index contributed by atoms with van der Waals surface area (Å²) >= 11 is 0. The molecule has 0 aliphatic carbocycles. The van der Waals surface area contributed by atoms with Crippen LogP contribution in [0.2, 0.25) is 0 Å². The van der Waals surface area contributed by atoms with Gasteiger partial charge < -0.3 is 15.0 Å². The molecule has 0 spiro atoms. The fourth-order valence-corrected chi connectivity index (χ4v) is 1.15. The van der Waals surface area contributed by atoms with E-state index in [2.05, 4.69) is 10.3 Å². The lowest BCUT2D eigenvalue weighted by Gasteiger charge is -2.06. The minimum Gasteiger partial charge on any atom is -0.392 e. The van der Waals surface area contributed by atoms with Crippen LogP contribution in [0.4, 0.5) is 0 Å². The summed E-state index contributed by atoms with van der Waals surface area (Å²) in [4.78, 5) is 4.19. The Morgan fingerprint density at radius 3 is 3.00 bits per heavy atom. The molecule has 0 radical (unpaired) electrons. The SMILES string of the molecule is CC(O)CNCCc1nccn1C. The first kappa shape index (κ1) is 10.2. The van der Waals surface area contributed by atoms with Crippen molar-refractivity contribution in [3.8, 4) is 0 Å². The molecule has 0 saturated carbocycles. The highest BCUT2D eigenvalue weighted by atomic mass is 16.3. The molecule has 1 aromatic heterocycles. The Labute approximate surface area is 78.6 Å². The van der Waals surface area contributed by atoms with E-state index in [9.17, 15) is 0 Å². The van der Waals surface area contributed by atoms with E-state index in [0.29, 0.717) is 6.54 Å². The van der Waals surface area contributed by atoms with Crippen LogP contribution in [0.15, 0.2) is 12.4 Å². The summed E-state index contributed by atoms with van der Waals surface area (Å²) in [5.41, 5.74) is 0. The first-order valence-electron chi connectivity index (χ1n) is 4.55. The number of aliphatic hydroxyl groups excluding tert-OH is 1. The summed E-state index contributed by atoms with van der Waals surface area (Å²) in [6, 6.07) is 0. The first-order chi connectivity index (χ1) is 6.20. The monoisotopic (exact) mass is 183 g/mol. The van der Waals surface area contributed by atoms with Crippen molar-refractivity contribution < 1.29 is 5.11 Å². The molecule has 2 N–H and O–H groups in total. The molecule has 1 unspecified atom stereocenters. The molecule has 4 nitrogen and oxygen atoms in total. The van der Waals surface area contributed by atoms with Gasteiger partial charge in [0.25, 0.3) is 0 Å². The molecule has 0 aromatic carbocycles. The molecule has 0 saturated heterocycles. The van der Waals surface area contributed by atoms with Crippen LogP contribution in [0.5, 0.6) is 0 Å². The summed E-state index contributed by atoms with van der Waals surface area (Å²) in [5.74, 6) is 1.07. The number of aliphatic hydroxyl groups is 1. The molecule has 0 fully saturated rings. The lowest BCUT2D eigenvalue weighted by molar-refractivity contribution is 0.191. The third-order valence-electron chi connectivity index (χ3n) is 1.89. The maximum absolute atomic E-state index is 8.98. The van der Waals surface area contributed by atoms with Gasteiger partial charge in [-0.2, -0.15) is 0 Å². The summed E-state index contributed by atoms with van der Waals surface area (Å²) < 4.78 is 2.00. The number of imidazole rings is 1. The van der Waals surface area contributed by atoms with Crippen molar-refractivity contribution in [1.82, 2.24) is 14.9 Å². The number of nitrogens with one attached hydrogen (secondary N) is 1. The second-order valence-electron chi connectivity index (χ2n) is 3.26. The molecule has 13 heavy (non-hydrogen) atoms. The standard InChI is InChI=1S/C9H17N3O/c1-8(13)7-10-4-3-9-11-5-6-12(9)2/h5-6,8,10,13H,3-4,7H2,1-2H3. The molecule has 74 valence electrons. The number of hydrogen-bond donors (Lipinski definition) is 2. The zero-order valence-electron chi connectivity index (χ0n) is 8.20. The molecule has 4 heteroatoms. The number of nitrogens with zero attached hydrogens (tertiary/aromatic N) is 2. The van der Waals surface area contributed by atoms with Crippen LogP contribution in [0.1, 0.15) is 12.7 Å². The van der Waals surface area contributed by atoms with Crippen LogP contribution in [-0.4, -0.2) is 33.9 Å². The summed E-state index contributed by atoms with van der Waals surface area (Å²) in [5, 5.41) is 12.1. The van der Waals surface area contributed by atoms with E-state index in [4.69, 9.17) is 5.11 Å². The van der Waals surface area contributed by atoms with Gasteiger partial charge >= 0.3 is 0 Å². The second kappa shape index (κ2) is 4.99. The largest absolute Gasteiger partial charge is 0.392 e. The minimum absolute atomic E-state index is 0.277.